The van der Waals surface area contributed by atoms with Gasteiger partial charge in [-0.2, -0.15) is 0 Å². The van der Waals surface area contributed by atoms with Gasteiger partial charge in [0.05, 0.1) is 0 Å². The van der Waals surface area contributed by atoms with Gasteiger partial charge in [-0.3, -0.25) is 0 Å². The van der Waals surface area contributed by atoms with E-state index in [0.717, 1.165) is 15.6 Å². The van der Waals surface area contributed by atoms with Crippen molar-refractivity contribution >= 4 is 33.3 Å². The summed E-state index contributed by atoms with van der Waals surface area (Å²) in [7, 11) is 0. The van der Waals surface area contributed by atoms with Crippen LogP contribution in [0.15, 0.2) is 11.4 Å². The first-order valence-electron chi connectivity index (χ1n) is 7.31. The van der Waals surface area contributed by atoms with Crippen LogP contribution >= 0.6 is 23.1 Å². The summed E-state index contributed by atoms with van der Waals surface area (Å²) in [4.78, 5) is 14.0. The summed E-state index contributed by atoms with van der Waals surface area (Å²) in [6.45, 7) is 8.08. The maximum absolute atomic E-state index is 4.50. The number of aromatic nitrogens is 2. The van der Waals surface area contributed by atoms with Crippen molar-refractivity contribution in [3.63, 3.8) is 0 Å². The minimum Gasteiger partial charge on any atom is -0.303 e. The summed E-state index contributed by atoms with van der Waals surface area (Å²) in [6, 6.07) is 0. The van der Waals surface area contributed by atoms with Crippen molar-refractivity contribution in [2.75, 3.05) is 25.4 Å². The van der Waals surface area contributed by atoms with Gasteiger partial charge in [-0.25, -0.2) is 9.97 Å². The SMILES string of the molecule is Cc1sc2ncnc(SCCN3CCCCC3)c2c1C. The fourth-order valence-electron chi connectivity index (χ4n) is 2.71. The van der Waals surface area contributed by atoms with Gasteiger partial charge in [-0.1, -0.05) is 6.42 Å². The first kappa shape index (κ1) is 14.3. The number of fused-ring (bicyclic) bond motifs is 1. The molecule has 0 aromatic carbocycles. The highest BCUT2D eigenvalue weighted by Gasteiger charge is 2.13. The first-order valence-corrected chi connectivity index (χ1v) is 9.12. The van der Waals surface area contributed by atoms with Crippen LogP contribution in [0.5, 0.6) is 0 Å². The van der Waals surface area contributed by atoms with Gasteiger partial charge in [-0.15, -0.1) is 23.1 Å². The topological polar surface area (TPSA) is 29.0 Å². The second-order valence-electron chi connectivity index (χ2n) is 5.39. The third-order valence-electron chi connectivity index (χ3n) is 4.03. The molecular formula is C15H21N3S2. The number of nitrogens with zero attached hydrogens (tertiary/aromatic N) is 3. The highest BCUT2D eigenvalue weighted by atomic mass is 32.2. The molecule has 3 rings (SSSR count). The van der Waals surface area contributed by atoms with E-state index >= 15 is 0 Å². The molecule has 0 radical (unpaired) electrons. The summed E-state index contributed by atoms with van der Waals surface area (Å²) in [5, 5.41) is 2.44. The summed E-state index contributed by atoms with van der Waals surface area (Å²) >= 11 is 3.66. The number of thioether (sulfide) groups is 1. The average molecular weight is 307 g/mol. The Bertz CT molecular complexity index is 588. The number of hydrogen-bond donors (Lipinski definition) is 0. The van der Waals surface area contributed by atoms with Crippen LogP contribution in [-0.2, 0) is 0 Å². The lowest BCUT2D eigenvalue weighted by Crippen LogP contribution is -2.31. The Kier molecular flexibility index (Phi) is 4.58. The molecule has 1 saturated heterocycles. The van der Waals surface area contributed by atoms with Crippen LogP contribution in [0.3, 0.4) is 0 Å². The maximum atomic E-state index is 4.50. The van der Waals surface area contributed by atoms with Crippen molar-refractivity contribution in [3.8, 4) is 0 Å². The van der Waals surface area contributed by atoms with Crippen LogP contribution in [0, 0.1) is 13.8 Å². The Labute approximate surface area is 128 Å². The standard InChI is InChI=1S/C15H21N3S2/c1-11-12(2)20-15-13(11)14(16-10-17-15)19-9-8-18-6-4-3-5-7-18/h10H,3-9H2,1-2H3. The number of hydrogen-bond acceptors (Lipinski definition) is 5. The molecule has 5 heteroatoms. The predicted molar refractivity (Wildman–Crippen MR) is 87.9 cm³/mol. The summed E-state index contributed by atoms with van der Waals surface area (Å²) < 4.78 is 0. The lowest BCUT2D eigenvalue weighted by molar-refractivity contribution is 0.242. The summed E-state index contributed by atoms with van der Waals surface area (Å²) in [5.74, 6) is 1.13. The zero-order valence-corrected chi connectivity index (χ0v) is 13.8. The second-order valence-corrected chi connectivity index (χ2v) is 7.68. The van der Waals surface area contributed by atoms with E-state index in [1.807, 2.05) is 11.8 Å². The lowest BCUT2D eigenvalue weighted by atomic mass is 10.1. The number of likely N-dealkylation sites (tertiary alicyclic amines) is 1. The predicted octanol–water partition coefficient (Wildman–Crippen LogP) is 3.89. The lowest BCUT2D eigenvalue weighted by Gasteiger charge is -2.25. The van der Waals surface area contributed by atoms with E-state index in [0.29, 0.717) is 0 Å². The normalized spacial score (nSPS) is 16.9. The fraction of sp³-hybridized carbons (Fsp3) is 0.600. The Hall–Kier alpha value is -0.650. The fourth-order valence-corrected chi connectivity index (χ4v) is 4.83. The van der Waals surface area contributed by atoms with Gasteiger partial charge >= 0.3 is 0 Å². The quantitative estimate of drug-likeness (QED) is 0.633. The van der Waals surface area contributed by atoms with Crippen LogP contribution in [0.2, 0.25) is 0 Å². The van der Waals surface area contributed by atoms with Crippen molar-refractivity contribution in [2.24, 2.45) is 0 Å². The van der Waals surface area contributed by atoms with Gasteiger partial charge < -0.3 is 4.90 Å². The molecule has 0 spiro atoms. The number of piperidine rings is 1. The average Bonchev–Trinajstić information content (AvgIpc) is 2.76. The molecule has 1 aliphatic rings. The molecule has 0 saturated carbocycles. The molecule has 0 unspecified atom stereocenters. The van der Waals surface area contributed by atoms with Crippen LogP contribution in [0.1, 0.15) is 29.7 Å². The minimum absolute atomic E-state index is 1.13. The van der Waals surface area contributed by atoms with Gasteiger partial charge in [0.25, 0.3) is 0 Å². The van der Waals surface area contributed by atoms with E-state index in [1.54, 1.807) is 17.7 Å². The van der Waals surface area contributed by atoms with E-state index in [1.165, 1.54) is 54.7 Å². The van der Waals surface area contributed by atoms with E-state index < -0.39 is 0 Å². The van der Waals surface area contributed by atoms with Crippen LogP contribution in [0.4, 0.5) is 0 Å². The molecule has 0 atom stereocenters. The van der Waals surface area contributed by atoms with Crippen molar-refractivity contribution in [3.05, 3.63) is 16.8 Å². The monoisotopic (exact) mass is 307 g/mol. The van der Waals surface area contributed by atoms with Crippen LogP contribution < -0.4 is 0 Å². The second kappa shape index (κ2) is 6.41. The van der Waals surface area contributed by atoms with Gasteiger partial charge in [-0.05, 0) is 45.3 Å². The minimum atomic E-state index is 1.13. The molecule has 0 N–H and O–H groups in total. The third-order valence-corrected chi connectivity index (χ3v) is 6.11. The molecule has 1 fully saturated rings. The third kappa shape index (κ3) is 3.00. The molecule has 2 aromatic heterocycles. The zero-order chi connectivity index (χ0) is 13.9. The van der Waals surface area contributed by atoms with Crippen molar-refractivity contribution in [1.82, 2.24) is 14.9 Å². The van der Waals surface area contributed by atoms with Gasteiger partial charge in [0.1, 0.15) is 16.2 Å². The molecular weight excluding hydrogens is 286 g/mol. The number of aryl methyl sites for hydroxylation is 2. The first-order chi connectivity index (χ1) is 9.75. The largest absolute Gasteiger partial charge is 0.303 e. The molecule has 0 amide bonds. The molecule has 0 bridgehead atoms. The van der Waals surface area contributed by atoms with Crippen molar-refractivity contribution in [1.29, 1.82) is 0 Å². The highest BCUT2D eigenvalue weighted by molar-refractivity contribution is 7.99. The van der Waals surface area contributed by atoms with Crippen molar-refractivity contribution < 1.29 is 0 Å². The van der Waals surface area contributed by atoms with Gasteiger partial charge in [0, 0.05) is 22.6 Å². The van der Waals surface area contributed by atoms with Gasteiger partial charge in [0.2, 0.25) is 0 Å². The Morgan fingerprint density at radius 1 is 1.20 bits per heavy atom. The van der Waals surface area contributed by atoms with Crippen LogP contribution in [-0.4, -0.2) is 40.3 Å². The Morgan fingerprint density at radius 2 is 2.00 bits per heavy atom. The zero-order valence-electron chi connectivity index (χ0n) is 12.2. The van der Waals surface area contributed by atoms with E-state index in [-0.39, 0.29) is 0 Å². The Balaban J connectivity index is 1.68. The number of rotatable bonds is 4. The molecule has 0 aliphatic carbocycles. The van der Waals surface area contributed by atoms with E-state index in [2.05, 4.69) is 28.7 Å². The molecule has 108 valence electrons. The highest BCUT2D eigenvalue weighted by Crippen LogP contribution is 2.34. The smallest absolute Gasteiger partial charge is 0.128 e. The van der Waals surface area contributed by atoms with Crippen LogP contribution in [0.25, 0.3) is 10.2 Å². The van der Waals surface area contributed by atoms with Gasteiger partial charge in [0.15, 0.2) is 0 Å². The summed E-state index contributed by atoms with van der Waals surface area (Å²) in [5.41, 5.74) is 1.35. The molecule has 2 aromatic rings. The molecule has 3 heterocycles. The van der Waals surface area contributed by atoms with E-state index in [9.17, 15) is 0 Å². The molecule has 3 nitrogen and oxygen atoms in total. The Morgan fingerprint density at radius 3 is 2.80 bits per heavy atom. The number of thiophene rings is 1. The maximum Gasteiger partial charge on any atom is 0.128 e. The van der Waals surface area contributed by atoms with E-state index in [4.69, 9.17) is 0 Å². The summed E-state index contributed by atoms with van der Waals surface area (Å²) in [6.07, 6.45) is 5.85. The molecule has 1 aliphatic heterocycles. The van der Waals surface area contributed by atoms with Crippen molar-refractivity contribution in [2.45, 2.75) is 38.1 Å². The molecule has 20 heavy (non-hydrogen) atoms.